The molecule has 0 unspecified atom stereocenters. The van der Waals surface area contributed by atoms with Crippen LogP contribution in [0.1, 0.15) is 23.1 Å². The second kappa shape index (κ2) is 5.83. The molecule has 0 atom stereocenters. The van der Waals surface area contributed by atoms with Gasteiger partial charge in [0.05, 0.1) is 12.3 Å². The Hall–Kier alpha value is -1.90. The van der Waals surface area contributed by atoms with E-state index in [1.807, 2.05) is 0 Å². The number of aromatic nitrogens is 1. The Morgan fingerprint density at radius 1 is 1.47 bits per heavy atom. The van der Waals surface area contributed by atoms with E-state index < -0.39 is 29.6 Å². The molecule has 0 spiro atoms. The summed E-state index contributed by atoms with van der Waals surface area (Å²) >= 11 is 0. The molecule has 0 saturated carbocycles. The molecule has 0 bridgehead atoms. The molecule has 106 valence electrons. The second-order valence-electron chi connectivity index (χ2n) is 3.24. The van der Waals surface area contributed by atoms with Crippen LogP contribution in [-0.2, 0) is 11.3 Å². The van der Waals surface area contributed by atoms with Crippen molar-refractivity contribution in [1.82, 2.24) is 4.98 Å². The maximum absolute atomic E-state index is 13.3. The topological polar surface area (TPSA) is 74.4 Å². The van der Waals surface area contributed by atoms with Crippen molar-refractivity contribution in [3.05, 3.63) is 23.3 Å². The number of rotatable bonds is 4. The second-order valence-corrected chi connectivity index (χ2v) is 3.24. The molecule has 1 heterocycles. The molecule has 1 aromatic rings. The summed E-state index contributed by atoms with van der Waals surface area (Å²) in [5.74, 6) is -3.33. The molecule has 5 nitrogen and oxygen atoms in total. The highest BCUT2D eigenvalue weighted by Gasteiger charge is 2.34. The highest BCUT2D eigenvalue weighted by molar-refractivity contribution is 5.90. The normalized spacial score (nSPS) is 11.3. The van der Waals surface area contributed by atoms with Crippen molar-refractivity contribution in [3.8, 4) is 5.75 Å². The predicted molar refractivity (Wildman–Crippen MR) is 54.7 cm³/mol. The molecule has 0 radical (unpaired) electrons. The summed E-state index contributed by atoms with van der Waals surface area (Å²) in [5, 5.41) is 0. The Morgan fingerprint density at radius 3 is 2.58 bits per heavy atom. The van der Waals surface area contributed by atoms with Crippen molar-refractivity contribution < 1.29 is 31.8 Å². The highest BCUT2D eigenvalue weighted by Crippen LogP contribution is 2.27. The van der Waals surface area contributed by atoms with E-state index >= 15 is 0 Å². The van der Waals surface area contributed by atoms with Gasteiger partial charge in [-0.2, -0.15) is 0 Å². The average Bonchev–Trinajstić information content (AvgIpc) is 2.27. The molecule has 0 aliphatic heterocycles. The zero-order chi connectivity index (χ0) is 14.6. The largest absolute Gasteiger partial charge is 0.573 e. The molecule has 19 heavy (non-hydrogen) atoms. The average molecular weight is 282 g/mol. The lowest BCUT2D eigenvalue weighted by Gasteiger charge is -2.13. The van der Waals surface area contributed by atoms with Crippen LogP contribution in [0, 0.1) is 5.82 Å². The summed E-state index contributed by atoms with van der Waals surface area (Å²) < 4.78 is 57.8. The summed E-state index contributed by atoms with van der Waals surface area (Å²) in [7, 11) is 0. The van der Waals surface area contributed by atoms with Gasteiger partial charge >= 0.3 is 12.3 Å². The number of hydrogen-bond donors (Lipinski definition) is 1. The first-order valence-corrected chi connectivity index (χ1v) is 5.10. The standard InChI is InChI=1S/C10H10F4N2O3/c1-2-18-9(17)8-7(19-10(12,13)14)3-5(11)6(4-15)16-8/h3H,2,4,15H2,1H3. The lowest BCUT2D eigenvalue weighted by molar-refractivity contribution is -0.274. The van der Waals surface area contributed by atoms with Crippen LogP contribution in [0.15, 0.2) is 6.07 Å². The van der Waals surface area contributed by atoms with Crippen molar-refractivity contribution in [2.45, 2.75) is 19.8 Å². The van der Waals surface area contributed by atoms with Gasteiger partial charge in [-0.1, -0.05) is 0 Å². The first-order valence-electron chi connectivity index (χ1n) is 5.10. The van der Waals surface area contributed by atoms with Crippen LogP contribution >= 0.6 is 0 Å². The minimum absolute atomic E-state index is 0.0820. The number of hydrogen-bond acceptors (Lipinski definition) is 5. The number of esters is 1. The van der Waals surface area contributed by atoms with Crippen LogP contribution in [0.3, 0.4) is 0 Å². The van der Waals surface area contributed by atoms with Crippen LogP contribution in [0.5, 0.6) is 5.75 Å². The minimum atomic E-state index is -5.08. The molecule has 1 aromatic heterocycles. The zero-order valence-electron chi connectivity index (χ0n) is 9.75. The maximum Gasteiger partial charge on any atom is 0.573 e. The van der Waals surface area contributed by atoms with Crippen LogP contribution in [-0.4, -0.2) is 23.9 Å². The van der Waals surface area contributed by atoms with Crippen LogP contribution in [0.25, 0.3) is 0 Å². The molecule has 0 aliphatic carbocycles. The van der Waals surface area contributed by atoms with Crippen LogP contribution in [0.2, 0.25) is 0 Å². The zero-order valence-corrected chi connectivity index (χ0v) is 9.75. The fourth-order valence-corrected chi connectivity index (χ4v) is 1.20. The summed E-state index contributed by atoms with van der Waals surface area (Å²) in [6.45, 7) is 0.987. The number of alkyl halides is 3. The van der Waals surface area contributed by atoms with Gasteiger partial charge in [0, 0.05) is 12.6 Å². The van der Waals surface area contributed by atoms with Crippen molar-refractivity contribution in [3.63, 3.8) is 0 Å². The van der Waals surface area contributed by atoms with E-state index in [-0.39, 0.29) is 18.8 Å². The lowest BCUT2D eigenvalue weighted by atomic mass is 10.2. The van der Waals surface area contributed by atoms with Gasteiger partial charge in [0.15, 0.2) is 11.4 Å². The summed E-state index contributed by atoms with van der Waals surface area (Å²) in [5.41, 5.74) is 4.01. The van der Waals surface area contributed by atoms with Gasteiger partial charge in [-0.25, -0.2) is 14.2 Å². The third kappa shape index (κ3) is 4.05. The SMILES string of the molecule is CCOC(=O)c1nc(CN)c(F)cc1OC(F)(F)F. The van der Waals surface area contributed by atoms with Gasteiger partial charge in [0.25, 0.3) is 0 Å². The van der Waals surface area contributed by atoms with E-state index in [2.05, 4.69) is 14.5 Å². The number of nitrogens with two attached hydrogens (primary N) is 1. The Bertz CT molecular complexity index is 477. The van der Waals surface area contributed by atoms with Crippen molar-refractivity contribution in [2.24, 2.45) is 5.73 Å². The lowest BCUT2D eigenvalue weighted by Crippen LogP contribution is -2.21. The van der Waals surface area contributed by atoms with Crippen molar-refractivity contribution in [2.75, 3.05) is 6.61 Å². The van der Waals surface area contributed by atoms with Gasteiger partial charge in [-0.05, 0) is 6.92 Å². The van der Waals surface area contributed by atoms with Gasteiger partial charge in [0.1, 0.15) is 5.82 Å². The number of carbonyl (C=O) groups is 1. The molecular formula is C10H10F4N2O3. The Kier molecular flexibility index (Phi) is 4.65. The third-order valence-electron chi connectivity index (χ3n) is 1.90. The Labute approximate surface area is 105 Å². The van der Waals surface area contributed by atoms with E-state index in [0.717, 1.165) is 0 Å². The maximum atomic E-state index is 13.3. The molecule has 2 N–H and O–H groups in total. The Morgan fingerprint density at radius 2 is 2.11 bits per heavy atom. The first-order chi connectivity index (χ1) is 8.78. The molecule has 0 fully saturated rings. The summed E-state index contributed by atoms with van der Waals surface area (Å²) in [6.07, 6.45) is -5.08. The van der Waals surface area contributed by atoms with Crippen molar-refractivity contribution in [1.29, 1.82) is 0 Å². The van der Waals surface area contributed by atoms with Crippen LogP contribution in [0.4, 0.5) is 17.6 Å². The highest BCUT2D eigenvalue weighted by atomic mass is 19.4. The van der Waals surface area contributed by atoms with E-state index in [4.69, 9.17) is 5.73 Å². The molecule has 0 saturated heterocycles. The number of ether oxygens (including phenoxy) is 2. The Balaban J connectivity index is 3.26. The minimum Gasteiger partial charge on any atom is -0.461 e. The predicted octanol–water partition coefficient (Wildman–Crippen LogP) is 1.75. The van der Waals surface area contributed by atoms with Gasteiger partial charge in [0.2, 0.25) is 0 Å². The molecule has 0 aliphatic rings. The van der Waals surface area contributed by atoms with E-state index in [1.54, 1.807) is 0 Å². The molecule has 0 amide bonds. The number of nitrogens with zero attached hydrogens (tertiary/aromatic N) is 1. The van der Waals surface area contributed by atoms with Gasteiger partial charge < -0.3 is 15.2 Å². The fourth-order valence-electron chi connectivity index (χ4n) is 1.20. The van der Waals surface area contributed by atoms with Crippen molar-refractivity contribution >= 4 is 5.97 Å². The molecular weight excluding hydrogens is 272 g/mol. The smallest absolute Gasteiger partial charge is 0.461 e. The number of pyridine rings is 1. The van der Waals surface area contributed by atoms with Crippen LogP contribution < -0.4 is 10.5 Å². The number of carbonyl (C=O) groups excluding carboxylic acids is 1. The molecule has 1 rings (SSSR count). The van der Waals surface area contributed by atoms with Gasteiger partial charge in [-0.15, -0.1) is 13.2 Å². The van der Waals surface area contributed by atoms with E-state index in [9.17, 15) is 22.4 Å². The molecule has 0 aromatic carbocycles. The summed E-state index contributed by atoms with van der Waals surface area (Å²) in [4.78, 5) is 14.8. The van der Waals surface area contributed by atoms with E-state index in [1.165, 1.54) is 6.92 Å². The van der Waals surface area contributed by atoms with Gasteiger partial charge in [-0.3, -0.25) is 0 Å². The quantitative estimate of drug-likeness (QED) is 0.672. The fraction of sp³-hybridized carbons (Fsp3) is 0.400. The summed E-state index contributed by atoms with van der Waals surface area (Å²) in [6, 6.07) is 0.398. The first kappa shape index (κ1) is 15.2. The third-order valence-corrected chi connectivity index (χ3v) is 1.90. The monoisotopic (exact) mass is 282 g/mol. The van der Waals surface area contributed by atoms with E-state index in [0.29, 0.717) is 6.07 Å². The number of halogens is 4. The molecule has 9 heteroatoms.